The van der Waals surface area contributed by atoms with Crippen molar-refractivity contribution in [3.8, 4) is 0 Å². The first-order valence-corrected chi connectivity index (χ1v) is 34.8. The van der Waals surface area contributed by atoms with Crippen LogP contribution in [-0.4, -0.2) is 216 Å². The van der Waals surface area contributed by atoms with Gasteiger partial charge in [0.15, 0.2) is 6.23 Å². The zero-order valence-corrected chi connectivity index (χ0v) is 58.7. The van der Waals surface area contributed by atoms with Gasteiger partial charge in [-0.15, -0.1) is 5.10 Å². The maximum atomic E-state index is 15.2. The Kier molecular flexibility index (Phi) is 30.2. The highest BCUT2D eigenvalue weighted by Gasteiger charge is 2.47. The number of benzene rings is 3. The van der Waals surface area contributed by atoms with E-state index in [1.165, 1.54) is 11.1 Å². The second-order valence-electron chi connectivity index (χ2n) is 27.1. The van der Waals surface area contributed by atoms with E-state index in [1.54, 1.807) is 119 Å². The molecule has 104 heavy (non-hydrogen) atoms. The quantitative estimate of drug-likeness (QED) is 0.0353. The number of carbonyl (C=O) groups is 13. The molecule has 3 aliphatic rings. The lowest BCUT2D eigenvalue weighted by atomic mass is 9.96. The van der Waals surface area contributed by atoms with Crippen molar-refractivity contribution >= 4 is 76.8 Å². The van der Waals surface area contributed by atoms with Crippen LogP contribution in [0.4, 0.5) is 0 Å². The number of aliphatic hydroxyl groups is 3. The number of aromatic nitrogens is 3. The average molecular weight is 1450 g/mol. The third-order valence-electron chi connectivity index (χ3n) is 18.0. The summed E-state index contributed by atoms with van der Waals surface area (Å²) in [6.07, 6.45) is -7.91. The first-order valence-electron chi connectivity index (χ1n) is 34.8. The van der Waals surface area contributed by atoms with E-state index < -0.39 is 206 Å². The Morgan fingerprint density at radius 1 is 0.577 bits per heavy atom. The largest absolute Gasteiger partial charge is 0.394 e. The number of primary amides is 2. The minimum Gasteiger partial charge on any atom is -0.394 e. The molecule has 0 saturated carbocycles. The van der Waals surface area contributed by atoms with Crippen LogP contribution in [-0.2, 0) is 92.7 Å². The van der Waals surface area contributed by atoms with Crippen LogP contribution in [0, 0.1) is 11.8 Å². The number of nitrogens with two attached hydrogens (primary N) is 3. The number of carbonyl (C=O) groups excluding carboxylic acids is 13. The number of amides is 13. The summed E-state index contributed by atoms with van der Waals surface area (Å²) in [6.45, 7) is 7.10. The van der Waals surface area contributed by atoms with Crippen LogP contribution in [0.1, 0.15) is 115 Å². The molecule has 13 amide bonds. The van der Waals surface area contributed by atoms with Crippen molar-refractivity contribution in [3.63, 3.8) is 0 Å². The van der Waals surface area contributed by atoms with Gasteiger partial charge in [0.05, 0.1) is 24.9 Å². The van der Waals surface area contributed by atoms with E-state index in [-0.39, 0.29) is 69.6 Å². The van der Waals surface area contributed by atoms with Crippen LogP contribution in [0.2, 0.25) is 0 Å². The summed E-state index contributed by atoms with van der Waals surface area (Å²) in [5.41, 5.74) is 18.8. The third-order valence-corrected chi connectivity index (χ3v) is 18.0. The number of aliphatic hydroxyl groups excluding tert-OH is 3. The van der Waals surface area contributed by atoms with Crippen molar-refractivity contribution in [2.24, 2.45) is 29.0 Å². The Morgan fingerprint density at radius 2 is 1.04 bits per heavy atom. The molecule has 3 aliphatic heterocycles. The Balaban J connectivity index is 1.34. The van der Waals surface area contributed by atoms with Gasteiger partial charge in [-0.1, -0.05) is 124 Å². The summed E-state index contributed by atoms with van der Waals surface area (Å²) >= 11 is 0. The molecular weight excluding hydrogens is 1350 g/mol. The number of fused-ring (bicyclic) bond motifs is 1. The van der Waals surface area contributed by atoms with Crippen LogP contribution < -0.4 is 70.4 Å². The number of hydrogen-bond acceptors (Lipinski definition) is 20. The third kappa shape index (κ3) is 23.4. The van der Waals surface area contributed by atoms with E-state index in [4.69, 9.17) is 21.9 Å². The molecule has 0 radical (unpaired) electrons. The lowest BCUT2D eigenvalue weighted by Crippen LogP contribution is -2.62. The van der Waals surface area contributed by atoms with Crippen molar-refractivity contribution < 1.29 is 82.4 Å². The smallest absolute Gasteiger partial charge is 0.246 e. The van der Waals surface area contributed by atoms with Crippen molar-refractivity contribution in [2.75, 3.05) is 19.7 Å². The minimum atomic E-state index is -1.94. The van der Waals surface area contributed by atoms with Gasteiger partial charge in [0, 0.05) is 45.6 Å². The first-order chi connectivity index (χ1) is 49.5. The number of rotatable bonds is 22. The van der Waals surface area contributed by atoms with E-state index in [9.17, 15) is 63.3 Å². The normalized spacial score (nSPS) is 27.0. The average Bonchev–Trinajstić information content (AvgIpc) is 1.50. The summed E-state index contributed by atoms with van der Waals surface area (Å²) in [5, 5.41) is 66.6. The standard InChI is InChI=1S/C70H97N17O17/c1-37(2)29-46-62(96)82-51(32-42-21-13-8-14-22-42)69(103)86-28-16-24-52(86)67(101)81-48(31-41-19-11-7-12-20-41)64(98)78-47(30-40-17-9-6-10-18-40)63(97)80-50(34-55(73)91)65(99)75-45(25-26-54(72)90)61(95)79-49(66(100)83-56(38(3)4)68(102)76-44(23-15-27-71)60(94)77-46)33-43-35-87(85-84-43)70-57(74-39(5)89)59(93)58(92)53(36-88)104-70/h6-14,17-22,35,37-38,44-53,56-59,70,88,92-93H,15-16,23-34,36,71H2,1-5H3,(H2,72,90)(H2,73,91)(H,74,89)(H,75,99)(H,76,102)(H,77,94)(H,78,98)(H,79,95)(H,80,97)(H,81,101)(H,82,96)(H,83,100)/t44-,45-,46-,47+,48-,49-,50-,51+,52-,53+,56-,57+,58+,59+,70+/m0/s1. The van der Waals surface area contributed by atoms with E-state index in [1.807, 2.05) is 0 Å². The zero-order valence-electron chi connectivity index (χ0n) is 58.7. The zero-order chi connectivity index (χ0) is 75.9. The van der Waals surface area contributed by atoms with E-state index >= 15 is 14.4 Å². The van der Waals surface area contributed by atoms with Crippen LogP contribution in [0.3, 0.4) is 0 Å². The molecule has 0 spiro atoms. The van der Waals surface area contributed by atoms with Gasteiger partial charge < -0.3 is 95.3 Å². The summed E-state index contributed by atoms with van der Waals surface area (Å²) in [7, 11) is 0. The van der Waals surface area contributed by atoms with E-state index in [2.05, 4.69) is 63.5 Å². The number of nitrogens with one attached hydrogen (secondary N) is 10. The van der Waals surface area contributed by atoms with Crippen LogP contribution in [0.25, 0.3) is 0 Å². The van der Waals surface area contributed by atoms with Crippen LogP contribution in [0.5, 0.6) is 0 Å². The maximum Gasteiger partial charge on any atom is 0.246 e. The van der Waals surface area contributed by atoms with Gasteiger partial charge in [0.25, 0.3) is 0 Å². The SMILES string of the molecule is CC(=O)N[C@@H]1[C@@H](O)[C@H](O)[C@@H](CO)O[C@H]1n1cc(C[C@@H]2NC(=O)[C@H](CCC(N)=O)NC(=O)[C@H](CC(N)=O)NC(=O)[C@@H](Cc3ccccc3)NC(=O)[C@H](Cc3ccccc3)NC(=O)[C@@H]3CCCN3C(=O)[C@@H](Cc3ccccc3)NC(=O)[C@H](CC(C)C)NC(=O)[C@H](CCCN)NC(=O)[C@H](C(C)C)NC2=O)nn1. The molecule has 3 saturated heterocycles. The molecule has 3 aromatic carbocycles. The lowest BCUT2D eigenvalue weighted by molar-refractivity contribution is -0.219. The maximum absolute atomic E-state index is 15.2. The molecule has 34 nitrogen and oxygen atoms in total. The molecule has 1 aromatic heterocycles. The minimum absolute atomic E-state index is 0.0131. The Morgan fingerprint density at radius 3 is 1.56 bits per heavy atom. The van der Waals surface area contributed by atoms with Crippen molar-refractivity contribution in [2.45, 2.75) is 203 Å². The molecule has 15 atom stereocenters. The van der Waals surface area contributed by atoms with Gasteiger partial charge >= 0.3 is 0 Å². The Bertz CT molecular complexity index is 3640. The summed E-state index contributed by atoms with van der Waals surface area (Å²) in [4.78, 5) is 188. The molecule has 4 heterocycles. The van der Waals surface area contributed by atoms with Crippen LogP contribution >= 0.6 is 0 Å². The van der Waals surface area contributed by atoms with Crippen molar-refractivity contribution in [1.82, 2.24) is 73.1 Å². The van der Waals surface area contributed by atoms with Gasteiger partial charge in [-0.3, -0.25) is 62.3 Å². The highest BCUT2D eigenvalue weighted by Crippen LogP contribution is 2.29. The van der Waals surface area contributed by atoms with Crippen molar-refractivity contribution in [3.05, 3.63) is 120 Å². The fourth-order valence-corrected chi connectivity index (χ4v) is 12.5. The lowest BCUT2D eigenvalue weighted by Gasteiger charge is -2.42. The van der Waals surface area contributed by atoms with E-state index in [0.717, 1.165) is 11.6 Å². The van der Waals surface area contributed by atoms with Gasteiger partial charge in [-0.25, -0.2) is 4.68 Å². The topological polar surface area (TPSA) is 524 Å². The molecule has 7 rings (SSSR count). The summed E-state index contributed by atoms with van der Waals surface area (Å²) in [5.74, 6) is -13.4. The van der Waals surface area contributed by atoms with Gasteiger partial charge in [-0.2, -0.15) is 0 Å². The number of hydrogen-bond donors (Lipinski definition) is 16. The molecule has 19 N–H and O–H groups in total. The van der Waals surface area contributed by atoms with Crippen LogP contribution in [0.15, 0.2) is 97.2 Å². The van der Waals surface area contributed by atoms with Crippen molar-refractivity contribution in [1.29, 1.82) is 0 Å². The van der Waals surface area contributed by atoms with E-state index in [0.29, 0.717) is 23.1 Å². The summed E-state index contributed by atoms with van der Waals surface area (Å²) in [6, 6.07) is 8.57. The molecule has 0 bridgehead atoms. The number of nitrogens with zero attached hydrogens (tertiary/aromatic N) is 4. The molecule has 564 valence electrons. The second kappa shape index (κ2) is 38.8. The number of ether oxygens (including phenoxy) is 1. The van der Waals surface area contributed by atoms with Gasteiger partial charge in [0.2, 0.25) is 76.8 Å². The highest BCUT2D eigenvalue weighted by molar-refractivity contribution is 6.01. The Hall–Kier alpha value is -10.3. The second-order valence-corrected chi connectivity index (χ2v) is 27.1. The molecule has 4 aromatic rings. The predicted octanol–water partition coefficient (Wildman–Crippen LogP) is -4.39. The molecule has 3 fully saturated rings. The molecule has 0 unspecified atom stereocenters. The first kappa shape index (κ1) is 81.0. The predicted molar refractivity (Wildman–Crippen MR) is 372 cm³/mol. The monoisotopic (exact) mass is 1450 g/mol. The fourth-order valence-electron chi connectivity index (χ4n) is 12.5. The van der Waals surface area contributed by atoms with Gasteiger partial charge in [0.1, 0.15) is 84.8 Å². The molecular formula is C70H97N17O17. The molecule has 34 heteroatoms. The summed E-state index contributed by atoms with van der Waals surface area (Å²) < 4.78 is 6.87. The fraction of sp³-hybridized carbons (Fsp3) is 0.529. The molecule has 0 aliphatic carbocycles. The Labute approximate surface area is 601 Å². The van der Waals surface area contributed by atoms with Gasteiger partial charge in [-0.05, 0) is 73.6 Å². The highest BCUT2D eigenvalue weighted by atomic mass is 16.5.